The molecule has 0 N–H and O–H groups in total. The molecule has 0 aliphatic rings. The average molecular weight is 260 g/mol. The summed E-state index contributed by atoms with van der Waals surface area (Å²) in [5.74, 6) is 3.54. The van der Waals surface area contributed by atoms with Gasteiger partial charge in [0.25, 0.3) is 0 Å². The first-order valence-corrected chi connectivity index (χ1v) is 5.72. The van der Waals surface area contributed by atoms with Gasteiger partial charge in [0.15, 0.2) is 6.67 Å². The topological polar surface area (TPSA) is 0 Å². The molecule has 0 saturated carbocycles. The van der Waals surface area contributed by atoms with Crippen molar-refractivity contribution in [3.63, 3.8) is 0 Å². The van der Waals surface area contributed by atoms with Crippen LogP contribution in [-0.4, -0.2) is 6.67 Å². The minimum Gasteiger partial charge on any atom is -0.237 e. The third-order valence-electron chi connectivity index (χ3n) is 2.69. The molecule has 0 spiro atoms. The van der Waals surface area contributed by atoms with Crippen LogP contribution in [0, 0.1) is 30.4 Å². The van der Waals surface area contributed by atoms with Crippen LogP contribution in [0.3, 0.4) is 0 Å². The summed E-state index contributed by atoms with van der Waals surface area (Å²) in [6.45, 7) is 0.955. The fourth-order valence-corrected chi connectivity index (χ4v) is 1.77. The van der Waals surface area contributed by atoms with Crippen molar-refractivity contribution in [2.75, 3.05) is 6.67 Å². The normalized spacial score (nSPS) is 9.89. The highest BCUT2D eigenvalue weighted by Gasteiger charge is 2.08. The Labute approximate surface area is 109 Å². The van der Waals surface area contributed by atoms with Gasteiger partial charge in [0.2, 0.25) is 0 Å². The van der Waals surface area contributed by atoms with Crippen LogP contribution in [0.15, 0.2) is 36.4 Å². The van der Waals surface area contributed by atoms with E-state index in [1.807, 2.05) is 0 Å². The van der Waals surface area contributed by atoms with Crippen molar-refractivity contribution in [3.05, 3.63) is 59.2 Å². The molecule has 0 aliphatic carbocycles. The van der Waals surface area contributed by atoms with Crippen LogP contribution in [-0.2, 0) is 0 Å². The summed E-state index contributed by atoms with van der Waals surface area (Å²) in [4.78, 5) is 0. The lowest BCUT2D eigenvalue weighted by atomic mass is 10.0. The summed E-state index contributed by atoms with van der Waals surface area (Å²) in [7, 11) is 0. The first-order chi connectivity index (χ1) is 9.11. The van der Waals surface area contributed by atoms with E-state index in [2.05, 4.69) is 11.8 Å². The van der Waals surface area contributed by atoms with Gasteiger partial charge in [0.1, 0.15) is 11.6 Å². The van der Waals surface area contributed by atoms with Crippen LogP contribution in [0.25, 0.3) is 11.1 Å². The van der Waals surface area contributed by atoms with Crippen molar-refractivity contribution in [1.82, 2.24) is 0 Å². The Kier molecular flexibility index (Phi) is 3.91. The number of benzene rings is 2. The molecule has 0 aromatic heterocycles. The van der Waals surface area contributed by atoms with Gasteiger partial charge in [-0.3, -0.25) is 0 Å². The predicted molar refractivity (Wildman–Crippen MR) is 69.4 cm³/mol. The second-order valence-corrected chi connectivity index (χ2v) is 4.11. The third kappa shape index (κ3) is 2.97. The Balaban J connectivity index is 2.44. The summed E-state index contributed by atoms with van der Waals surface area (Å²) in [5.41, 5.74) is 1.66. The molecule has 0 saturated heterocycles. The number of halogens is 3. The van der Waals surface area contributed by atoms with Crippen molar-refractivity contribution in [1.29, 1.82) is 0 Å². The van der Waals surface area contributed by atoms with Gasteiger partial charge < -0.3 is 0 Å². The van der Waals surface area contributed by atoms with Crippen molar-refractivity contribution < 1.29 is 13.2 Å². The molecular formula is C16H11F3. The molecule has 0 fully saturated rings. The number of hydrogen-bond donors (Lipinski definition) is 0. The van der Waals surface area contributed by atoms with Gasteiger partial charge >= 0.3 is 0 Å². The van der Waals surface area contributed by atoms with E-state index in [4.69, 9.17) is 0 Å². The van der Waals surface area contributed by atoms with E-state index in [0.29, 0.717) is 11.1 Å². The van der Waals surface area contributed by atoms with E-state index in [1.165, 1.54) is 18.2 Å². The molecule has 0 aliphatic heterocycles. The highest BCUT2D eigenvalue weighted by molar-refractivity contribution is 5.65. The second-order valence-electron chi connectivity index (χ2n) is 4.11. The van der Waals surface area contributed by atoms with Crippen LogP contribution in [0.4, 0.5) is 13.2 Å². The molecule has 0 unspecified atom stereocenters. The van der Waals surface area contributed by atoms with Gasteiger partial charge in [-0.2, -0.15) is 0 Å². The van der Waals surface area contributed by atoms with E-state index in [9.17, 15) is 13.2 Å². The fraction of sp³-hybridized carbons (Fsp3) is 0.125. The predicted octanol–water partition coefficient (Wildman–Crippen LogP) is 4.26. The SMILES string of the molecule is Cc1ccc(-c2ccc(C#CCF)c(F)c2)c(F)c1. The Bertz CT molecular complexity index is 663. The summed E-state index contributed by atoms with van der Waals surface area (Å²) >= 11 is 0. The maximum absolute atomic E-state index is 13.8. The summed E-state index contributed by atoms with van der Waals surface area (Å²) < 4.78 is 39.4. The van der Waals surface area contributed by atoms with Crippen LogP contribution >= 0.6 is 0 Å². The lowest BCUT2D eigenvalue weighted by Gasteiger charge is -2.05. The van der Waals surface area contributed by atoms with E-state index >= 15 is 0 Å². The molecule has 0 radical (unpaired) electrons. The summed E-state index contributed by atoms with van der Waals surface area (Å²) in [6.07, 6.45) is 0. The third-order valence-corrected chi connectivity index (χ3v) is 2.69. The molecule has 19 heavy (non-hydrogen) atoms. The zero-order chi connectivity index (χ0) is 13.8. The van der Waals surface area contributed by atoms with Crippen molar-refractivity contribution in [3.8, 4) is 23.0 Å². The van der Waals surface area contributed by atoms with E-state index in [1.54, 1.807) is 25.1 Å². The van der Waals surface area contributed by atoms with Gasteiger partial charge in [0, 0.05) is 5.56 Å². The number of alkyl halides is 1. The maximum atomic E-state index is 13.8. The maximum Gasteiger partial charge on any atom is 0.150 e. The molecule has 2 aromatic carbocycles. The monoisotopic (exact) mass is 260 g/mol. The first kappa shape index (κ1) is 13.2. The Morgan fingerprint density at radius 3 is 2.42 bits per heavy atom. The molecule has 96 valence electrons. The van der Waals surface area contributed by atoms with Crippen molar-refractivity contribution >= 4 is 0 Å². The second kappa shape index (κ2) is 5.62. The van der Waals surface area contributed by atoms with E-state index < -0.39 is 18.3 Å². The molecule has 0 atom stereocenters. The molecule has 0 amide bonds. The van der Waals surface area contributed by atoms with Gasteiger partial charge in [-0.15, -0.1) is 0 Å². The number of rotatable bonds is 1. The fourth-order valence-electron chi connectivity index (χ4n) is 1.77. The average Bonchev–Trinajstić information content (AvgIpc) is 2.37. The van der Waals surface area contributed by atoms with Crippen molar-refractivity contribution in [2.24, 2.45) is 0 Å². The Morgan fingerprint density at radius 1 is 1.00 bits per heavy atom. The van der Waals surface area contributed by atoms with Crippen LogP contribution in [0.2, 0.25) is 0 Å². The van der Waals surface area contributed by atoms with Gasteiger partial charge in [-0.05, 0) is 36.2 Å². The minimum atomic E-state index is -0.826. The molecule has 0 nitrogen and oxygen atoms in total. The molecule has 3 heteroatoms. The highest BCUT2D eigenvalue weighted by Crippen LogP contribution is 2.25. The van der Waals surface area contributed by atoms with Gasteiger partial charge in [-0.1, -0.05) is 30.0 Å². The lowest BCUT2D eigenvalue weighted by molar-refractivity contribution is 0.573. The number of aryl methyl sites for hydroxylation is 1. The van der Waals surface area contributed by atoms with E-state index in [0.717, 1.165) is 5.56 Å². The lowest BCUT2D eigenvalue weighted by Crippen LogP contribution is -1.89. The molecule has 2 aromatic rings. The quantitative estimate of drug-likeness (QED) is 0.672. The van der Waals surface area contributed by atoms with Crippen LogP contribution in [0.5, 0.6) is 0 Å². The molecular weight excluding hydrogens is 249 g/mol. The van der Waals surface area contributed by atoms with Crippen LogP contribution < -0.4 is 0 Å². The zero-order valence-electron chi connectivity index (χ0n) is 10.3. The zero-order valence-corrected chi connectivity index (χ0v) is 10.3. The molecule has 0 heterocycles. The van der Waals surface area contributed by atoms with Crippen LogP contribution in [0.1, 0.15) is 11.1 Å². The largest absolute Gasteiger partial charge is 0.237 e. The standard InChI is InChI=1S/C16H11F3/c1-11-4-7-14(16(19)9-11)13-6-5-12(3-2-8-17)15(18)10-13/h4-7,9-10H,8H2,1H3. The van der Waals surface area contributed by atoms with Gasteiger partial charge in [0.05, 0.1) is 5.56 Å². The Morgan fingerprint density at radius 2 is 1.79 bits per heavy atom. The highest BCUT2D eigenvalue weighted by atomic mass is 19.1. The summed E-state index contributed by atoms with van der Waals surface area (Å²) in [5, 5.41) is 0. The number of hydrogen-bond acceptors (Lipinski definition) is 0. The first-order valence-electron chi connectivity index (χ1n) is 5.72. The Hall–Kier alpha value is -2.21. The molecule has 2 rings (SSSR count). The van der Waals surface area contributed by atoms with Gasteiger partial charge in [-0.25, -0.2) is 13.2 Å². The smallest absolute Gasteiger partial charge is 0.150 e. The minimum absolute atomic E-state index is 0.105. The van der Waals surface area contributed by atoms with Crippen molar-refractivity contribution in [2.45, 2.75) is 6.92 Å². The molecule has 0 bridgehead atoms. The summed E-state index contributed by atoms with van der Waals surface area (Å²) in [6, 6.07) is 8.95. The van der Waals surface area contributed by atoms with E-state index in [-0.39, 0.29) is 5.56 Å².